The fourth-order valence-electron chi connectivity index (χ4n) is 3.90. The lowest BCUT2D eigenvalue weighted by molar-refractivity contribution is -0.123. The number of carbonyl (C=O) groups is 1. The van der Waals surface area contributed by atoms with Crippen LogP contribution in [0.5, 0.6) is 5.75 Å². The predicted molar refractivity (Wildman–Crippen MR) is 104 cm³/mol. The van der Waals surface area contributed by atoms with Crippen molar-refractivity contribution in [3.63, 3.8) is 0 Å². The van der Waals surface area contributed by atoms with E-state index in [1.54, 1.807) is 18.1 Å². The normalized spacial score (nSPS) is 16.6. The molecule has 1 aliphatic heterocycles. The maximum absolute atomic E-state index is 11.6. The van der Waals surface area contributed by atoms with Gasteiger partial charge in [0.2, 0.25) is 5.91 Å². The Kier molecular flexibility index (Phi) is 5.57. The fraction of sp³-hybridized carbons (Fsp3) is 0.400. The molecule has 2 aromatic heterocycles. The number of primary amides is 1. The highest BCUT2D eigenvalue weighted by atomic mass is 16.5. The number of nitrogens with zero attached hydrogens (tertiary/aromatic N) is 5. The summed E-state index contributed by atoms with van der Waals surface area (Å²) in [7, 11) is 1.65. The van der Waals surface area contributed by atoms with E-state index in [9.17, 15) is 4.79 Å². The Bertz CT molecular complexity index is 947. The van der Waals surface area contributed by atoms with Crippen molar-refractivity contribution in [3.05, 3.63) is 59.8 Å². The Hall–Kier alpha value is -3.20. The van der Waals surface area contributed by atoms with Gasteiger partial charge in [0.25, 0.3) is 0 Å². The SMILES string of the molecule is COc1ccccc1[C@@H](c1nnnn1Cc1ccco1)N1CCC(C(N)=O)CC1. The third-order valence-corrected chi connectivity index (χ3v) is 5.42. The number of amides is 1. The van der Waals surface area contributed by atoms with Gasteiger partial charge in [-0.15, -0.1) is 5.10 Å². The molecular weight excluding hydrogens is 372 g/mol. The van der Waals surface area contributed by atoms with Crippen molar-refractivity contribution in [1.82, 2.24) is 25.1 Å². The number of furan rings is 1. The minimum absolute atomic E-state index is 0.0938. The van der Waals surface area contributed by atoms with Crippen LogP contribution in [-0.4, -0.2) is 51.2 Å². The molecule has 0 spiro atoms. The zero-order valence-electron chi connectivity index (χ0n) is 16.3. The zero-order valence-corrected chi connectivity index (χ0v) is 16.3. The summed E-state index contributed by atoms with van der Waals surface area (Å²) < 4.78 is 12.8. The number of ether oxygens (including phenoxy) is 1. The van der Waals surface area contributed by atoms with E-state index in [-0.39, 0.29) is 17.9 Å². The second-order valence-electron chi connectivity index (χ2n) is 7.13. The number of likely N-dealkylation sites (tertiary alicyclic amines) is 1. The number of tetrazole rings is 1. The molecule has 0 unspecified atom stereocenters. The second kappa shape index (κ2) is 8.44. The number of hydrogen-bond donors (Lipinski definition) is 1. The topological polar surface area (TPSA) is 112 Å². The van der Waals surface area contributed by atoms with E-state index >= 15 is 0 Å². The number of rotatable bonds is 7. The van der Waals surface area contributed by atoms with E-state index in [1.165, 1.54) is 0 Å². The predicted octanol–water partition coefficient (Wildman–Crippen LogP) is 1.61. The van der Waals surface area contributed by atoms with Crippen molar-refractivity contribution >= 4 is 5.91 Å². The van der Waals surface area contributed by atoms with Gasteiger partial charge >= 0.3 is 0 Å². The van der Waals surface area contributed by atoms with Crippen LogP contribution in [0.1, 0.15) is 36.0 Å². The smallest absolute Gasteiger partial charge is 0.220 e. The monoisotopic (exact) mass is 396 g/mol. The molecule has 9 nitrogen and oxygen atoms in total. The van der Waals surface area contributed by atoms with Crippen molar-refractivity contribution < 1.29 is 13.9 Å². The lowest BCUT2D eigenvalue weighted by Gasteiger charge is -2.36. The molecule has 0 saturated carbocycles. The number of nitrogens with two attached hydrogens (primary N) is 1. The number of methoxy groups -OCH3 is 1. The highest BCUT2D eigenvalue weighted by Gasteiger charge is 2.34. The molecule has 4 rings (SSSR count). The molecule has 9 heteroatoms. The molecular formula is C20H24N6O3. The summed E-state index contributed by atoms with van der Waals surface area (Å²) in [5.41, 5.74) is 6.49. The maximum atomic E-state index is 11.6. The molecule has 0 aliphatic carbocycles. The average Bonchev–Trinajstić information content (AvgIpc) is 3.42. The first kappa shape index (κ1) is 19.1. The summed E-state index contributed by atoms with van der Waals surface area (Å²) in [5.74, 6) is 1.90. The fourth-order valence-corrected chi connectivity index (χ4v) is 3.90. The van der Waals surface area contributed by atoms with E-state index in [4.69, 9.17) is 14.9 Å². The van der Waals surface area contributed by atoms with Gasteiger partial charge in [-0.3, -0.25) is 9.69 Å². The largest absolute Gasteiger partial charge is 0.496 e. The van der Waals surface area contributed by atoms with Crippen LogP contribution < -0.4 is 10.5 Å². The summed E-state index contributed by atoms with van der Waals surface area (Å²) in [5, 5.41) is 12.5. The number of benzene rings is 1. The first-order valence-electron chi connectivity index (χ1n) is 9.62. The van der Waals surface area contributed by atoms with Crippen LogP contribution in [0, 0.1) is 5.92 Å². The standard InChI is InChI=1S/C20H24N6O3/c1-28-17-7-3-2-6-16(17)18(25-10-8-14(9-11-25)19(21)27)20-22-23-24-26(20)13-15-5-4-12-29-15/h2-7,12,14,18H,8-11,13H2,1H3,(H2,21,27)/t18-/m0/s1. The molecule has 3 aromatic rings. The van der Waals surface area contributed by atoms with Crippen LogP contribution >= 0.6 is 0 Å². The third-order valence-electron chi connectivity index (χ3n) is 5.42. The molecule has 1 amide bonds. The Morgan fingerprint density at radius 1 is 1.28 bits per heavy atom. The van der Waals surface area contributed by atoms with Crippen LogP contribution in [-0.2, 0) is 11.3 Å². The van der Waals surface area contributed by atoms with Gasteiger partial charge < -0.3 is 14.9 Å². The van der Waals surface area contributed by atoms with Crippen LogP contribution in [0.2, 0.25) is 0 Å². The summed E-state index contributed by atoms with van der Waals surface area (Å²) in [4.78, 5) is 13.9. The molecule has 1 saturated heterocycles. The van der Waals surface area contributed by atoms with E-state index in [0.717, 1.165) is 17.1 Å². The third kappa shape index (κ3) is 4.00. The maximum Gasteiger partial charge on any atom is 0.220 e. The van der Waals surface area contributed by atoms with Crippen molar-refractivity contribution in [2.45, 2.75) is 25.4 Å². The van der Waals surface area contributed by atoms with Gasteiger partial charge in [-0.2, -0.15) is 0 Å². The number of hydrogen-bond acceptors (Lipinski definition) is 7. The molecule has 1 aromatic carbocycles. The quantitative estimate of drug-likeness (QED) is 0.645. The van der Waals surface area contributed by atoms with E-state index < -0.39 is 0 Å². The van der Waals surface area contributed by atoms with Gasteiger partial charge in [-0.25, -0.2) is 4.68 Å². The van der Waals surface area contributed by atoms with Crippen LogP contribution in [0.3, 0.4) is 0 Å². The lowest BCUT2D eigenvalue weighted by atomic mass is 9.93. The summed E-state index contributed by atoms with van der Waals surface area (Å²) >= 11 is 0. The first-order valence-corrected chi connectivity index (χ1v) is 9.62. The molecule has 0 bridgehead atoms. The molecule has 29 heavy (non-hydrogen) atoms. The van der Waals surface area contributed by atoms with E-state index in [1.807, 2.05) is 36.4 Å². The van der Waals surface area contributed by atoms with Gasteiger partial charge in [0.05, 0.1) is 13.4 Å². The van der Waals surface area contributed by atoms with Crippen LogP contribution in [0.15, 0.2) is 47.1 Å². The second-order valence-corrected chi connectivity index (χ2v) is 7.13. The van der Waals surface area contributed by atoms with Crippen molar-refractivity contribution in [2.75, 3.05) is 20.2 Å². The minimum Gasteiger partial charge on any atom is -0.496 e. The average molecular weight is 396 g/mol. The summed E-state index contributed by atoms with van der Waals surface area (Å²) in [6, 6.07) is 11.4. The van der Waals surface area contributed by atoms with Crippen LogP contribution in [0.25, 0.3) is 0 Å². The highest BCUT2D eigenvalue weighted by molar-refractivity contribution is 5.76. The Morgan fingerprint density at radius 2 is 2.07 bits per heavy atom. The molecule has 152 valence electrons. The van der Waals surface area contributed by atoms with Crippen molar-refractivity contribution in [3.8, 4) is 5.75 Å². The zero-order chi connectivity index (χ0) is 20.2. The van der Waals surface area contributed by atoms with Gasteiger partial charge in [-0.1, -0.05) is 18.2 Å². The number of carbonyl (C=O) groups excluding carboxylic acids is 1. The van der Waals surface area contributed by atoms with Gasteiger partial charge in [0, 0.05) is 11.5 Å². The lowest BCUT2D eigenvalue weighted by Crippen LogP contribution is -2.41. The van der Waals surface area contributed by atoms with Crippen molar-refractivity contribution in [1.29, 1.82) is 0 Å². The molecule has 0 radical (unpaired) electrons. The highest BCUT2D eigenvalue weighted by Crippen LogP contribution is 2.36. The van der Waals surface area contributed by atoms with Crippen molar-refractivity contribution in [2.24, 2.45) is 11.7 Å². The molecule has 1 aliphatic rings. The van der Waals surface area contributed by atoms with Gasteiger partial charge in [0.15, 0.2) is 5.82 Å². The van der Waals surface area contributed by atoms with Crippen LogP contribution in [0.4, 0.5) is 0 Å². The minimum atomic E-state index is -0.235. The van der Waals surface area contributed by atoms with Gasteiger partial charge in [0.1, 0.15) is 24.1 Å². The Morgan fingerprint density at radius 3 is 2.76 bits per heavy atom. The van der Waals surface area contributed by atoms with E-state index in [2.05, 4.69) is 20.4 Å². The molecule has 3 heterocycles. The number of para-hydroxylation sites is 1. The summed E-state index contributed by atoms with van der Waals surface area (Å²) in [6.07, 6.45) is 3.05. The number of piperidine rings is 1. The Balaban J connectivity index is 1.70. The van der Waals surface area contributed by atoms with Gasteiger partial charge in [-0.05, 0) is 54.6 Å². The first-order chi connectivity index (χ1) is 14.2. The molecule has 2 N–H and O–H groups in total. The molecule has 1 fully saturated rings. The van der Waals surface area contributed by atoms with E-state index in [0.29, 0.717) is 38.3 Å². The molecule has 1 atom stereocenters. The summed E-state index contributed by atoms with van der Waals surface area (Å²) in [6.45, 7) is 1.85. The number of aromatic nitrogens is 4. The Labute approximate surface area is 168 Å².